The molecule has 1 aliphatic rings. The molecule has 0 amide bonds. The maximum Gasteiger partial charge on any atom is 0.338 e. The van der Waals surface area contributed by atoms with Crippen molar-refractivity contribution in [1.82, 2.24) is 0 Å². The zero-order valence-electron chi connectivity index (χ0n) is 13.4. The second-order valence-corrected chi connectivity index (χ2v) is 5.40. The van der Waals surface area contributed by atoms with E-state index in [0.29, 0.717) is 11.1 Å². The molecule has 1 aromatic rings. The maximum absolute atomic E-state index is 12.2. The average molecular weight is 329 g/mol. The van der Waals surface area contributed by atoms with E-state index >= 15 is 0 Å². The molecule has 0 spiro atoms. The minimum Gasteiger partial charge on any atom is -0.457 e. The number of esters is 1. The number of benzene rings is 1. The van der Waals surface area contributed by atoms with E-state index < -0.39 is 10.9 Å². The Bertz CT molecular complexity index is 831. The molecule has 7 heteroatoms. The Morgan fingerprint density at radius 2 is 1.71 bits per heavy atom. The van der Waals surface area contributed by atoms with E-state index in [0.717, 1.165) is 6.07 Å². The number of hydrogen-bond acceptors (Lipinski definition) is 6. The van der Waals surface area contributed by atoms with Gasteiger partial charge in [-0.1, -0.05) is 6.07 Å². The fraction of sp³-hybridized carbons (Fsp3) is 0.235. The summed E-state index contributed by atoms with van der Waals surface area (Å²) in [6.07, 6.45) is 0. The van der Waals surface area contributed by atoms with Crippen LogP contribution in [0.4, 0.5) is 5.69 Å². The van der Waals surface area contributed by atoms with Gasteiger partial charge in [0.05, 0.1) is 10.5 Å². The van der Waals surface area contributed by atoms with E-state index in [-0.39, 0.29) is 40.6 Å². The van der Waals surface area contributed by atoms with Crippen LogP contribution in [0.3, 0.4) is 0 Å². The first-order valence-corrected chi connectivity index (χ1v) is 7.12. The molecule has 0 aromatic heterocycles. The van der Waals surface area contributed by atoms with Crippen molar-refractivity contribution in [1.29, 1.82) is 0 Å². The normalized spacial score (nSPS) is 15.0. The van der Waals surface area contributed by atoms with Crippen molar-refractivity contribution in [2.45, 2.75) is 20.8 Å². The SMILES string of the molecule is CC1=C(C)C(=O)C(COC(=O)c2cccc([N+](=O)[O-])c2)=C(C)C1=O. The van der Waals surface area contributed by atoms with Gasteiger partial charge in [0.25, 0.3) is 5.69 Å². The first-order chi connectivity index (χ1) is 11.2. The van der Waals surface area contributed by atoms with E-state index in [1.54, 1.807) is 13.8 Å². The van der Waals surface area contributed by atoms with Crippen molar-refractivity contribution in [3.8, 4) is 0 Å². The third kappa shape index (κ3) is 3.15. The van der Waals surface area contributed by atoms with Crippen LogP contribution in [-0.4, -0.2) is 29.1 Å². The lowest BCUT2D eigenvalue weighted by Crippen LogP contribution is -2.24. The summed E-state index contributed by atoms with van der Waals surface area (Å²) in [4.78, 5) is 46.4. The van der Waals surface area contributed by atoms with Gasteiger partial charge >= 0.3 is 5.97 Å². The highest BCUT2D eigenvalue weighted by molar-refractivity contribution is 6.24. The molecular weight excluding hydrogens is 314 g/mol. The predicted molar refractivity (Wildman–Crippen MR) is 84.5 cm³/mol. The first-order valence-electron chi connectivity index (χ1n) is 7.12. The van der Waals surface area contributed by atoms with Gasteiger partial charge < -0.3 is 4.74 Å². The monoisotopic (exact) mass is 329 g/mol. The number of allylic oxidation sites excluding steroid dienone is 3. The maximum atomic E-state index is 12.2. The second-order valence-electron chi connectivity index (χ2n) is 5.40. The highest BCUT2D eigenvalue weighted by Gasteiger charge is 2.28. The minimum absolute atomic E-state index is 0.000447. The summed E-state index contributed by atoms with van der Waals surface area (Å²) >= 11 is 0. The molecule has 0 unspecified atom stereocenters. The molecule has 0 heterocycles. The quantitative estimate of drug-likeness (QED) is 0.364. The number of carbonyl (C=O) groups excluding carboxylic acids is 3. The summed E-state index contributed by atoms with van der Waals surface area (Å²) in [5.41, 5.74) is 0.841. The second kappa shape index (κ2) is 6.57. The zero-order valence-corrected chi connectivity index (χ0v) is 13.4. The summed E-state index contributed by atoms with van der Waals surface area (Å²) in [5, 5.41) is 10.7. The van der Waals surface area contributed by atoms with Gasteiger partial charge in [0, 0.05) is 34.4 Å². The molecule has 2 rings (SSSR count). The van der Waals surface area contributed by atoms with Gasteiger partial charge in [0.2, 0.25) is 0 Å². The Labute approximate surface area is 137 Å². The van der Waals surface area contributed by atoms with Gasteiger partial charge in [0.15, 0.2) is 11.6 Å². The molecule has 7 nitrogen and oxygen atoms in total. The van der Waals surface area contributed by atoms with E-state index in [4.69, 9.17) is 4.74 Å². The van der Waals surface area contributed by atoms with Crippen LogP contribution in [0.2, 0.25) is 0 Å². The van der Waals surface area contributed by atoms with Crippen LogP contribution in [0, 0.1) is 10.1 Å². The van der Waals surface area contributed by atoms with Crippen molar-refractivity contribution in [2.75, 3.05) is 6.61 Å². The van der Waals surface area contributed by atoms with Crippen LogP contribution in [0.5, 0.6) is 0 Å². The van der Waals surface area contributed by atoms with E-state index in [2.05, 4.69) is 0 Å². The number of nitro benzene ring substituents is 1. The topological polar surface area (TPSA) is 104 Å². The van der Waals surface area contributed by atoms with Gasteiger partial charge in [-0.15, -0.1) is 0 Å². The molecule has 0 saturated heterocycles. The van der Waals surface area contributed by atoms with Crippen LogP contribution in [0.1, 0.15) is 31.1 Å². The summed E-state index contributed by atoms with van der Waals surface area (Å²) in [6, 6.07) is 5.08. The van der Waals surface area contributed by atoms with Crippen LogP contribution in [0.15, 0.2) is 46.6 Å². The number of nitrogens with zero attached hydrogens (tertiary/aromatic N) is 1. The lowest BCUT2D eigenvalue weighted by molar-refractivity contribution is -0.384. The fourth-order valence-electron chi connectivity index (χ4n) is 2.30. The number of non-ortho nitro benzene ring substituents is 1. The van der Waals surface area contributed by atoms with Crippen molar-refractivity contribution < 1.29 is 24.0 Å². The van der Waals surface area contributed by atoms with E-state index in [9.17, 15) is 24.5 Å². The Morgan fingerprint density at radius 3 is 2.33 bits per heavy atom. The predicted octanol–water partition coefficient (Wildman–Crippen LogP) is 2.56. The van der Waals surface area contributed by atoms with Gasteiger partial charge in [-0.05, 0) is 26.8 Å². The number of nitro groups is 1. The molecule has 0 radical (unpaired) electrons. The Kier molecular flexibility index (Phi) is 4.73. The highest BCUT2D eigenvalue weighted by Crippen LogP contribution is 2.24. The van der Waals surface area contributed by atoms with Gasteiger partial charge in [-0.25, -0.2) is 4.79 Å². The average Bonchev–Trinajstić information content (AvgIpc) is 2.58. The Balaban J connectivity index is 2.17. The molecule has 24 heavy (non-hydrogen) atoms. The first kappa shape index (κ1) is 17.3. The Hall–Kier alpha value is -3.09. The van der Waals surface area contributed by atoms with Crippen LogP contribution in [-0.2, 0) is 14.3 Å². The highest BCUT2D eigenvalue weighted by atomic mass is 16.6. The van der Waals surface area contributed by atoms with Crippen molar-refractivity contribution in [3.63, 3.8) is 0 Å². The third-order valence-electron chi connectivity index (χ3n) is 3.95. The van der Waals surface area contributed by atoms with Crippen molar-refractivity contribution >= 4 is 23.2 Å². The van der Waals surface area contributed by atoms with Gasteiger partial charge in [-0.3, -0.25) is 19.7 Å². The standard InChI is InChI=1S/C17H15NO6/c1-9-10(2)16(20)14(11(3)15(9)19)8-24-17(21)12-5-4-6-13(7-12)18(22)23/h4-7H,8H2,1-3H3. The van der Waals surface area contributed by atoms with Crippen molar-refractivity contribution in [2.24, 2.45) is 0 Å². The summed E-state index contributed by atoms with van der Waals surface area (Å²) in [6.45, 7) is 4.27. The lowest BCUT2D eigenvalue weighted by atomic mass is 9.86. The summed E-state index contributed by atoms with van der Waals surface area (Å²) < 4.78 is 5.06. The van der Waals surface area contributed by atoms with Crippen LogP contribution in [0.25, 0.3) is 0 Å². The number of ketones is 2. The number of ether oxygens (including phenoxy) is 1. The van der Waals surface area contributed by atoms with Crippen molar-refractivity contribution in [3.05, 3.63) is 62.2 Å². The molecule has 0 atom stereocenters. The molecule has 124 valence electrons. The number of rotatable bonds is 4. The summed E-state index contributed by atoms with van der Waals surface area (Å²) in [7, 11) is 0. The molecule has 0 saturated carbocycles. The molecule has 0 fully saturated rings. The van der Waals surface area contributed by atoms with E-state index in [1.807, 2.05) is 0 Å². The van der Waals surface area contributed by atoms with Gasteiger partial charge in [0.1, 0.15) is 6.61 Å². The zero-order chi connectivity index (χ0) is 18.0. The van der Waals surface area contributed by atoms with Crippen LogP contribution < -0.4 is 0 Å². The molecular formula is C17H15NO6. The van der Waals surface area contributed by atoms with Gasteiger partial charge in [-0.2, -0.15) is 0 Å². The third-order valence-corrected chi connectivity index (χ3v) is 3.95. The molecule has 0 N–H and O–H groups in total. The molecule has 1 aliphatic carbocycles. The van der Waals surface area contributed by atoms with E-state index in [1.165, 1.54) is 25.1 Å². The Morgan fingerprint density at radius 1 is 1.08 bits per heavy atom. The number of Topliss-reactive ketones (excluding diaryl/α,β-unsaturated/α-hetero) is 2. The number of hydrogen-bond donors (Lipinski definition) is 0. The largest absolute Gasteiger partial charge is 0.457 e. The molecule has 0 aliphatic heterocycles. The fourth-order valence-corrected chi connectivity index (χ4v) is 2.30. The number of carbonyl (C=O) groups is 3. The van der Waals surface area contributed by atoms with Crippen LogP contribution >= 0.6 is 0 Å². The molecule has 1 aromatic carbocycles. The molecule has 0 bridgehead atoms. The smallest absolute Gasteiger partial charge is 0.338 e. The summed E-state index contributed by atoms with van der Waals surface area (Å²) in [5.74, 6) is -1.40. The minimum atomic E-state index is -0.803. The lowest BCUT2D eigenvalue weighted by Gasteiger charge is -2.18.